The Morgan fingerprint density at radius 3 is 2.50 bits per heavy atom. The van der Waals surface area contributed by atoms with Crippen LogP contribution in [-0.2, 0) is 14.5 Å². The van der Waals surface area contributed by atoms with E-state index in [2.05, 4.69) is 0 Å². The molecule has 12 heavy (non-hydrogen) atoms. The van der Waals surface area contributed by atoms with Crippen LogP contribution in [0, 0.1) is 0 Å². The Kier molecular flexibility index (Phi) is 2.72. The monoisotopic (exact) mass is 211 g/mol. The maximum atomic E-state index is 10.6. The van der Waals surface area contributed by atoms with Crippen molar-refractivity contribution in [1.82, 2.24) is 0 Å². The first-order valence-electron chi connectivity index (χ1n) is 3.66. The zero-order chi connectivity index (χ0) is 9.41. The van der Waals surface area contributed by atoms with Gasteiger partial charge in [0.25, 0.3) is 0 Å². The van der Waals surface area contributed by atoms with Gasteiger partial charge in [0, 0.05) is 4.75 Å². The van der Waals surface area contributed by atoms with E-state index in [4.69, 9.17) is 9.32 Å². The van der Waals surface area contributed by atoms with E-state index in [0.29, 0.717) is 0 Å². The lowest BCUT2D eigenvalue weighted by molar-refractivity contribution is 0.182. The van der Waals surface area contributed by atoms with E-state index < -0.39 is 10.3 Å². The standard InChI is InChI=1S/C6H13NO3S2/c1-6(2)5(3-4-11-6)10-12(7,8)9/h5H,3-4H2,1-2H3,(H2,7,8,9). The predicted octanol–water partition coefficient (Wildman–Crippen LogP) is 0.491. The topological polar surface area (TPSA) is 69.4 Å². The van der Waals surface area contributed by atoms with E-state index in [-0.39, 0.29) is 10.9 Å². The second kappa shape index (κ2) is 3.17. The normalized spacial score (nSPS) is 29.1. The summed E-state index contributed by atoms with van der Waals surface area (Å²) in [6.07, 6.45) is 0.464. The third kappa shape index (κ3) is 2.62. The molecule has 0 aromatic carbocycles. The van der Waals surface area contributed by atoms with Crippen LogP contribution in [0.5, 0.6) is 0 Å². The third-order valence-corrected chi connectivity index (χ3v) is 3.83. The minimum absolute atomic E-state index is 0.146. The molecular weight excluding hydrogens is 198 g/mol. The summed E-state index contributed by atoms with van der Waals surface area (Å²) in [6, 6.07) is 0. The minimum Gasteiger partial charge on any atom is -0.253 e. The van der Waals surface area contributed by atoms with Crippen LogP contribution < -0.4 is 5.14 Å². The highest BCUT2D eigenvalue weighted by molar-refractivity contribution is 8.01. The molecule has 0 saturated carbocycles. The van der Waals surface area contributed by atoms with Gasteiger partial charge in [0.05, 0.1) is 6.10 Å². The van der Waals surface area contributed by atoms with E-state index in [1.807, 2.05) is 13.8 Å². The lowest BCUT2D eigenvalue weighted by atomic mass is 10.1. The van der Waals surface area contributed by atoms with Gasteiger partial charge in [-0.3, -0.25) is 4.18 Å². The molecule has 0 aromatic rings. The summed E-state index contributed by atoms with van der Waals surface area (Å²) in [4.78, 5) is 0. The SMILES string of the molecule is CC1(C)SCCC1OS(N)(=O)=O. The lowest BCUT2D eigenvalue weighted by Crippen LogP contribution is -2.34. The Bertz CT molecular complexity index is 260. The smallest absolute Gasteiger partial charge is 0.253 e. The first kappa shape index (κ1) is 10.3. The van der Waals surface area contributed by atoms with Crippen molar-refractivity contribution in [3.05, 3.63) is 0 Å². The maximum Gasteiger partial charge on any atom is 0.333 e. The van der Waals surface area contributed by atoms with Gasteiger partial charge in [-0.1, -0.05) is 0 Å². The molecule has 1 atom stereocenters. The van der Waals surface area contributed by atoms with Crippen molar-refractivity contribution in [2.75, 3.05) is 5.75 Å². The van der Waals surface area contributed by atoms with Gasteiger partial charge in [-0.15, -0.1) is 0 Å². The summed E-state index contributed by atoms with van der Waals surface area (Å²) in [6.45, 7) is 3.92. The number of nitrogens with two attached hydrogens (primary N) is 1. The molecule has 0 aromatic heterocycles. The summed E-state index contributed by atoms with van der Waals surface area (Å²) in [7, 11) is -3.79. The molecule has 1 rings (SSSR count). The van der Waals surface area contributed by atoms with Crippen LogP contribution in [0.1, 0.15) is 20.3 Å². The van der Waals surface area contributed by atoms with Gasteiger partial charge in [0.1, 0.15) is 0 Å². The molecule has 1 aliphatic heterocycles. The fourth-order valence-corrected chi connectivity index (χ4v) is 3.13. The highest BCUT2D eigenvalue weighted by atomic mass is 32.2. The molecule has 1 saturated heterocycles. The number of thioether (sulfide) groups is 1. The van der Waals surface area contributed by atoms with E-state index in [1.54, 1.807) is 11.8 Å². The zero-order valence-corrected chi connectivity index (χ0v) is 8.74. The number of rotatable bonds is 2. The predicted molar refractivity (Wildman–Crippen MR) is 49.1 cm³/mol. The maximum absolute atomic E-state index is 10.6. The van der Waals surface area contributed by atoms with E-state index >= 15 is 0 Å². The first-order chi connectivity index (χ1) is 5.31. The molecule has 0 radical (unpaired) electrons. The van der Waals surface area contributed by atoms with Crippen molar-refractivity contribution in [1.29, 1.82) is 0 Å². The van der Waals surface area contributed by atoms with Gasteiger partial charge in [0.15, 0.2) is 0 Å². The summed E-state index contributed by atoms with van der Waals surface area (Å²) >= 11 is 1.70. The van der Waals surface area contributed by atoms with E-state index in [1.165, 1.54) is 0 Å². The Morgan fingerprint density at radius 2 is 2.17 bits per heavy atom. The van der Waals surface area contributed by atoms with Crippen LogP contribution in [0.15, 0.2) is 0 Å². The second-order valence-corrected chi connectivity index (χ2v) is 6.25. The molecule has 0 bridgehead atoms. The minimum atomic E-state index is -3.79. The van der Waals surface area contributed by atoms with Crippen LogP contribution in [0.2, 0.25) is 0 Å². The largest absolute Gasteiger partial charge is 0.333 e. The van der Waals surface area contributed by atoms with Crippen molar-refractivity contribution < 1.29 is 12.6 Å². The molecule has 1 heterocycles. The molecule has 1 fully saturated rings. The fraction of sp³-hybridized carbons (Fsp3) is 1.00. The molecule has 0 amide bonds. The Labute approximate surface area is 77.1 Å². The van der Waals surface area contributed by atoms with Crippen molar-refractivity contribution in [3.63, 3.8) is 0 Å². The van der Waals surface area contributed by atoms with E-state index in [9.17, 15) is 8.42 Å². The molecule has 4 nitrogen and oxygen atoms in total. The molecule has 72 valence electrons. The summed E-state index contributed by atoms with van der Waals surface area (Å²) in [5.41, 5.74) is 0. The number of hydrogen-bond donors (Lipinski definition) is 1. The number of hydrogen-bond acceptors (Lipinski definition) is 4. The first-order valence-corrected chi connectivity index (χ1v) is 6.12. The molecule has 0 aliphatic carbocycles. The van der Waals surface area contributed by atoms with Crippen molar-refractivity contribution in [2.45, 2.75) is 31.1 Å². The van der Waals surface area contributed by atoms with Crippen molar-refractivity contribution in [2.24, 2.45) is 5.14 Å². The highest BCUT2D eigenvalue weighted by Crippen LogP contribution is 2.39. The summed E-state index contributed by atoms with van der Waals surface area (Å²) < 4.78 is 25.8. The van der Waals surface area contributed by atoms with Crippen molar-refractivity contribution in [3.8, 4) is 0 Å². The molecule has 1 unspecified atom stereocenters. The van der Waals surface area contributed by atoms with Gasteiger partial charge in [0.2, 0.25) is 0 Å². The van der Waals surface area contributed by atoms with Gasteiger partial charge >= 0.3 is 10.3 Å². The molecule has 2 N–H and O–H groups in total. The van der Waals surface area contributed by atoms with Gasteiger partial charge in [-0.05, 0) is 26.0 Å². The van der Waals surface area contributed by atoms with Crippen LogP contribution in [0.4, 0.5) is 0 Å². The lowest BCUT2D eigenvalue weighted by Gasteiger charge is -2.24. The highest BCUT2D eigenvalue weighted by Gasteiger charge is 2.38. The Hall–Kier alpha value is 0.220. The van der Waals surface area contributed by atoms with Gasteiger partial charge < -0.3 is 0 Å². The quantitative estimate of drug-likeness (QED) is 0.721. The average Bonchev–Trinajstić information content (AvgIpc) is 2.07. The van der Waals surface area contributed by atoms with E-state index in [0.717, 1.165) is 12.2 Å². The van der Waals surface area contributed by atoms with Crippen LogP contribution in [0.3, 0.4) is 0 Å². The second-order valence-electron chi connectivity index (χ2n) is 3.32. The Morgan fingerprint density at radius 1 is 1.58 bits per heavy atom. The molecule has 1 aliphatic rings. The van der Waals surface area contributed by atoms with Crippen molar-refractivity contribution >= 4 is 22.1 Å². The third-order valence-electron chi connectivity index (χ3n) is 1.88. The van der Waals surface area contributed by atoms with Gasteiger partial charge in [-0.25, -0.2) is 5.14 Å². The van der Waals surface area contributed by atoms with Crippen LogP contribution in [0.25, 0.3) is 0 Å². The summed E-state index contributed by atoms with van der Waals surface area (Å²) in [5.74, 6) is 0.924. The Balaban J connectivity index is 2.65. The van der Waals surface area contributed by atoms with Gasteiger partial charge in [-0.2, -0.15) is 20.2 Å². The van der Waals surface area contributed by atoms with Crippen LogP contribution >= 0.6 is 11.8 Å². The molecule has 0 spiro atoms. The van der Waals surface area contributed by atoms with Crippen LogP contribution in [-0.4, -0.2) is 25.0 Å². The summed E-state index contributed by atoms with van der Waals surface area (Å²) in [5, 5.41) is 4.78. The average molecular weight is 211 g/mol. The molecule has 6 heteroatoms. The zero-order valence-electron chi connectivity index (χ0n) is 7.11. The molecular formula is C6H13NO3S2. The fourth-order valence-electron chi connectivity index (χ4n) is 1.20.